The number of amides is 1. The Morgan fingerprint density at radius 1 is 1.21 bits per heavy atom. The van der Waals surface area contributed by atoms with E-state index in [0.717, 1.165) is 39.0 Å². The van der Waals surface area contributed by atoms with E-state index in [1.54, 1.807) is 12.4 Å². The molecule has 1 saturated heterocycles. The molecule has 0 spiro atoms. The molecule has 0 saturated carbocycles. The molecule has 1 aliphatic heterocycles. The summed E-state index contributed by atoms with van der Waals surface area (Å²) < 4.78 is 0. The highest BCUT2D eigenvalue weighted by Crippen LogP contribution is 2.05. The molecule has 4 nitrogen and oxygen atoms in total. The predicted octanol–water partition coefficient (Wildman–Crippen LogP) is 1.68. The monoisotopic (exact) mass is 305 g/mol. The van der Waals surface area contributed by atoms with E-state index in [2.05, 4.69) is 10.3 Å². The molecule has 1 fully saturated rings. The summed E-state index contributed by atoms with van der Waals surface area (Å²) in [6.07, 6.45) is 6.02. The van der Waals surface area contributed by atoms with Crippen LogP contribution in [-0.4, -0.2) is 42.0 Å². The summed E-state index contributed by atoms with van der Waals surface area (Å²) in [6.45, 7) is 3.67. The molecule has 1 amide bonds. The van der Waals surface area contributed by atoms with Crippen molar-refractivity contribution in [2.45, 2.75) is 19.3 Å². The average molecular weight is 306 g/mol. The molecule has 1 aromatic heterocycles. The fraction of sp³-hybridized carbons (Fsp3) is 0.538. The quantitative estimate of drug-likeness (QED) is 0.924. The zero-order valence-electron chi connectivity index (χ0n) is 10.9. The molecule has 0 radical (unpaired) electrons. The van der Waals surface area contributed by atoms with Crippen LogP contribution in [-0.2, 0) is 11.2 Å². The van der Waals surface area contributed by atoms with Crippen LogP contribution in [0.1, 0.15) is 18.4 Å². The lowest BCUT2D eigenvalue weighted by molar-refractivity contribution is -0.130. The Morgan fingerprint density at radius 3 is 2.68 bits per heavy atom. The third-order valence-corrected chi connectivity index (χ3v) is 3.07. The Bertz CT molecular complexity index is 354. The maximum absolute atomic E-state index is 12.0. The van der Waals surface area contributed by atoms with Crippen LogP contribution in [0.5, 0.6) is 0 Å². The van der Waals surface area contributed by atoms with Crippen LogP contribution in [0.2, 0.25) is 0 Å². The van der Waals surface area contributed by atoms with Crippen LogP contribution < -0.4 is 5.32 Å². The van der Waals surface area contributed by atoms with Crippen LogP contribution in [0, 0.1) is 0 Å². The minimum absolute atomic E-state index is 0. The second kappa shape index (κ2) is 10.0. The Kier molecular flexibility index (Phi) is 9.57. The van der Waals surface area contributed by atoms with Crippen LogP contribution >= 0.6 is 24.8 Å². The fourth-order valence-corrected chi connectivity index (χ4v) is 2.05. The SMILES string of the molecule is Cl.Cl.O=C(CCc1ccncc1)N1CCCNCC1. The lowest BCUT2D eigenvalue weighted by Gasteiger charge is -2.19. The second-order valence-electron chi connectivity index (χ2n) is 4.34. The lowest BCUT2D eigenvalue weighted by atomic mass is 10.1. The molecule has 0 aliphatic carbocycles. The van der Waals surface area contributed by atoms with Gasteiger partial charge in [-0.15, -0.1) is 24.8 Å². The summed E-state index contributed by atoms with van der Waals surface area (Å²) in [4.78, 5) is 18.0. The number of aryl methyl sites for hydroxylation is 1. The zero-order chi connectivity index (χ0) is 11.9. The van der Waals surface area contributed by atoms with E-state index in [9.17, 15) is 4.79 Å². The van der Waals surface area contributed by atoms with Gasteiger partial charge >= 0.3 is 0 Å². The molecule has 19 heavy (non-hydrogen) atoms. The normalized spacial score (nSPS) is 14.8. The third kappa shape index (κ3) is 6.23. The smallest absolute Gasteiger partial charge is 0.222 e. The molecular weight excluding hydrogens is 285 g/mol. The van der Waals surface area contributed by atoms with E-state index < -0.39 is 0 Å². The Morgan fingerprint density at radius 2 is 1.95 bits per heavy atom. The summed E-state index contributed by atoms with van der Waals surface area (Å²) in [7, 11) is 0. The van der Waals surface area contributed by atoms with Crippen LogP contribution in [0.4, 0.5) is 0 Å². The van der Waals surface area contributed by atoms with Gasteiger partial charge in [-0.3, -0.25) is 9.78 Å². The topological polar surface area (TPSA) is 45.2 Å². The highest BCUT2D eigenvalue weighted by molar-refractivity contribution is 5.85. The third-order valence-electron chi connectivity index (χ3n) is 3.07. The van der Waals surface area contributed by atoms with E-state index >= 15 is 0 Å². The van der Waals surface area contributed by atoms with Gasteiger partial charge in [-0.25, -0.2) is 0 Å². The number of hydrogen-bond donors (Lipinski definition) is 1. The van der Waals surface area contributed by atoms with Gasteiger partial charge in [-0.05, 0) is 37.1 Å². The van der Waals surface area contributed by atoms with Crippen LogP contribution in [0.3, 0.4) is 0 Å². The van der Waals surface area contributed by atoms with E-state index in [1.807, 2.05) is 17.0 Å². The Labute approximate surface area is 126 Å². The number of carbonyl (C=O) groups excluding carboxylic acids is 1. The highest BCUT2D eigenvalue weighted by atomic mass is 35.5. The van der Waals surface area contributed by atoms with Crippen molar-refractivity contribution in [2.75, 3.05) is 26.2 Å². The number of hydrogen-bond acceptors (Lipinski definition) is 3. The van der Waals surface area contributed by atoms with Crippen molar-refractivity contribution >= 4 is 30.7 Å². The zero-order valence-corrected chi connectivity index (χ0v) is 12.5. The average Bonchev–Trinajstić information content (AvgIpc) is 2.66. The molecule has 0 bridgehead atoms. The van der Waals surface area contributed by atoms with Crippen molar-refractivity contribution in [1.82, 2.24) is 15.2 Å². The van der Waals surface area contributed by atoms with Gasteiger partial charge in [-0.1, -0.05) is 0 Å². The first-order valence-corrected chi connectivity index (χ1v) is 6.23. The van der Waals surface area contributed by atoms with E-state index in [-0.39, 0.29) is 30.7 Å². The number of nitrogens with zero attached hydrogens (tertiary/aromatic N) is 2. The van der Waals surface area contributed by atoms with Gasteiger partial charge in [0, 0.05) is 38.4 Å². The first-order chi connectivity index (χ1) is 8.36. The van der Waals surface area contributed by atoms with Gasteiger partial charge in [-0.2, -0.15) is 0 Å². The van der Waals surface area contributed by atoms with Crippen LogP contribution in [0.15, 0.2) is 24.5 Å². The lowest BCUT2D eigenvalue weighted by Crippen LogP contribution is -2.34. The molecule has 2 rings (SSSR count). The maximum Gasteiger partial charge on any atom is 0.222 e. The van der Waals surface area contributed by atoms with Crippen molar-refractivity contribution < 1.29 is 4.79 Å². The molecule has 1 N–H and O–H groups in total. The minimum Gasteiger partial charge on any atom is -0.341 e. The molecule has 0 aromatic carbocycles. The summed E-state index contributed by atoms with van der Waals surface area (Å²) >= 11 is 0. The number of carbonyl (C=O) groups is 1. The van der Waals surface area contributed by atoms with Crippen molar-refractivity contribution in [2.24, 2.45) is 0 Å². The maximum atomic E-state index is 12.0. The first-order valence-electron chi connectivity index (χ1n) is 6.23. The van der Waals surface area contributed by atoms with Crippen molar-refractivity contribution in [1.29, 1.82) is 0 Å². The standard InChI is InChI=1S/C13H19N3O.2ClH/c17-13(16-10-1-6-14-9-11-16)3-2-12-4-7-15-8-5-12;;/h4-5,7-8,14H,1-3,6,9-11H2;2*1H. The molecular formula is C13H21Cl2N3O. The predicted molar refractivity (Wildman–Crippen MR) is 81.1 cm³/mol. The largest absolute Gasteiger partial charge is 0.341 e. The summed E-state index contributed by atoms with van der Waals surface area (Å²) in [5.74, 6) is 0.269. The Hall–Kier alpha value is -0.840. The van der Waals surface area contributed by atoms with Gasteiger partial charge in [0.05, 0.1) is 0 Å². The number of nitrogens with one attached hydrogen (secondary N) is 1. The fourth-order valence-electron chi connectivity index (χ4n) is 2.05. The Balaban J connectivity index is 0.00000162. The molecule has 0 unspecified atom stereocenters. The summed E-state index contributed by atoms with van der Waals surface area (Å²) in [5, 5.41) is 3.30. The van der Waals surface area contributed by atoms with Crippen molar-refractivity contribution in [3.05, 3.63) is 30.1 Å². The number of pyridine rings is 1. The van der Waals surface area contributed by atoms with Gasteiger partial charge in [0.15, 0.2) is 0 Å². The number of rotatable bonds is 3. The molecule has 1 aliphatic rings. The minimum atomic E-state index is 0. The van der Waals surface area contributed by atoms with Crippen molar-refractivity contribution in [3.8, 4) is 0 Å². The van der Waals surface area contributed by atoms with E-state index in [1.165, 1.54) is 5.56 Å². The molecule has 1 aromatic rings. The number of aromatic nitrogens is 1. The van der Waals surface area contributed by atoms with E-state index in [4.69, 9.17) is 0 Å². The van der Waals surface area contributed by atoms with E-state index in [0.29, 0.717) is 6.42 Å². The summed E-state index contributed by atoms with van der Waals surface area (Å²) in [5.41, 5.74) is 1.18. The molecule has 108 valence electrons. The van der Waals surface area contributed by atoms with Gasteiger partial charge in [0.2, 0.25) is 5.91 Å². The molecule has 0 atom stereocenters. The van der Waals surface area contributed by atoms with Crippen molar-refractivity contribution in [3.63, 3.8) is 0 Å². The van der Waals surface area contributed by atoms with Crippen LogP contribution in [0.25, 0.3) is 0 Å². The highest BCUT2D eigenvalue weighted by Gasteiger charge is 2.14. The first kappa shape index (κ1) is 18.2. The summed E-state index contributed by atoms with van der Waals surface area (Å²) in [6, 6.07) is 3.94. The molecule has 2 heterocycles. The number of halogens is 2. The second-order valence-corrected chi connectivity index (χ2v) is 4.34. The molecule has 6 heteroatoms. The van der Waals surface area contributed by atoms with Gasteiger partial charge in [0.1, 0.15) is 0 Å². The van der Waals surface area contributed by atoms with Gasteiger partial charge in [0.25, 0.3) is 0 Å². The van der Waals surface area contributed by atoms with Gasteiger partial charge < -0.3 is 10.2 Å².